The molecule has 8 nitrogen and oxygen atoms in total. The third-order valence-corrected chi connectivity index (χ3v) is 6.08. The van der Waals surface area contributed by atoms with Crippen LogP contribution in [0.3, 0.4) is 0 Å². The minimum Gasteiger partial charge on any atom is -0.497 e. The van der Waals surface area contributed by atoms with Crippen LogP contribution >= 0.6 is 0 Å². The van der Waals surface area contributed by atoms with Gasteiger partial charge in [-0.25, -0.2) is 4.98 Å². The molecule has 0 aliphatic carbocycles. The molecule has 1 aliphatic heterocycles. The van der Waals surface area contributed by atoms with Crippen LogP contribution < -0.4 is 9.47 Å². The Bertz CT molecular complexity index is 1290. The van der Waals surface area contributed by atoms with Crippen molar-refractivity contribution in [2.75, 3.05) is 27.3 Å². The Kier molecular flexibility index (Phi) is 5.05. The molecule has 1 fully saturated rings. The van der Waals surface area contributed by atoms with E-state index in [0.717, 1.165) is 28.8 Å². The Morgan fingerprint density at radius 1 is 1.12 bits per heavy atom. The van der Waals surface area contributed by atoms with Gasteiger partial charge in [0.1, 0.15) is 23.0 Å². The summed E-state index contributed by atoms with van der Waals surface area (Å²) in [4.78, 5) is 19.8. The molecule has 0 unspecified atom stereocenters. The molecule has 1 saturated heterocycles. The Morgan fingerprint density at radius 2 is 1.97 bits per heavy atom. The molecular formula is C24H25N5O3. The van der Waals surface area contributed by atoms with E-state index in [1.165, 1.54) is 0 Å². The number of para-hydroxylation sites is 2. The van der Waals surface area contributed by atoms with E-state index in [1.807, 2.05) is 48.2 Å². The summed E-state index contributed by atoms with van der Waals surface area (Å²) in [5.74, 6) is 2.27. The summed E-state index contributed by atoms with van der Waals surface area (Å²) in [6, 6.07) is 15.6. The van der Waals surface area contributed by atoms with Crippen molar-refractivity contribution in [3.63, 3.8) is 0 Å². The molecule has 4 aromatic rings. The quantitative estimate of drug-likeness (QED) is 0.519. The number of H-pyrrole nitrogens is 1. The molecular weight excluding hydrogens is 406 g/mol. The number of carbonyl (C=O) groups is 1. The number of nitrogens with one attached hydrogen (secondary N) is 1. The summed E-state index contributed by atoms with van der Waals surface area (Å²) in [6.07, 6.45) is 0.887. The van der Waals surface area contributed by atoms with Gasteiger partial charge in [0.25, 0.3) is 5.91 Å². The second-order valence-corrected chi connectivity index (χ2v) is 7.94. The SMILES string of the molecule is COc1ccc(OC)c(-c2cc(C(=O)N3CC[C@H](n4c(C)nc5ccccc54)C3)[nH]n2)c1. The minimum atomic E-state index is -0.0600. The number of hydrogen-bond acceptors (Lipinski definition) is 5. The van der Waals surface area contributed by atoms with Crippen LogP contribution in [0.5, 0.6) is 11.5 Å². The van der Waals surface area contributed by atoms with Crippen molar-refractivity contribution in [2.24, 2.45) is 0 Å². The number of aromatic amines is 1. The van der Waals surface area contributed by atoms with Crippen LogP contribution in [0.4, 0.5) is 0 Å². The predicted octanol–water partition coefficient (Wildman–Crippen LogP) is 3.84. The second-order valence-electron chi connectivity index (χ2n) is 7.94. The molecule has 2 aromatic carbocycles. The molecule has 0 saturated carbocycles. The number of amides is 1. The normalized spacial score (nSPS) is 16.0. The van der Waals surface area contributed by atoms with Gasteiger partial charge in [-0.2, -0.15) is 5.10 Å². The lowest BCUT2D eigenvalue weighted by atomic mass is 10.1. The van der Waals surface area contributed by atoms with Crippen LogP contribution in [0.1, 0.15) is 28.8 Å². The molecule has 1 amide bonds. The zero-order valence-corrected chi connectivity index (χ0v) is 18.3. The van der Waals surface area contributed by atoms with E-state index in [1.54, 1.807) is 20.3 Å². The number of benzene rings is 2. The van der Waals surface area contributed by atoms with Crippen molar-refractivity contribution >= 4 is 16.9 Å². The summed E-state index contributed by atoms with van der Waals surface area (Å²) in [7, 11) is 3.22. The van der Waals surface area contributed by atoms with Gasteiger partial charge in [0.15, 0.2) is 0 Å². The number of methoxy groups -OCH3 is 2. The van der Waals surface area contributed by atoms with E-state index < -0.39 is 0 Å². The summed E-state index contributed by atoms with van der Waals surface area (Å²) < 4.78 is 13.0. The first-order valence-electron chi connectivity index (χ1n) is 10.6. The van der Waals surface area contributed by atoms with E-state index in [-0.39, 0.29) is 11.9 Å². The van der Waals surface area contributed by atoms with Crippen molar-refractivity contribution in [1.29, 1.82) is 0 Å². The van der Waals surface area contributed by atoms with Gasteiger partial charge in [0, 0.05) is 18.7 Å². The smallest absolute Gasteiger partial charge is 0.271 e. The maximum Gasteiger partial charge on any atom is 0.271 e. The first-order valence-corrected chi connectivity index (χ1v) is 10.6. The molecule has 164 valence electrons. The monoisotopic (exact) mass is 431 g/mol. The van der Waals surface area contributed by atoms with Gasteiger partial charge < -0.3 is 18.9 Å². The fourth-order valence-corrected chi connectivity index (χ4v) is 4.52. The summed E-state index contributed by atoms with van der Waals surface area (Å²) in [5, 5.41) is 7.27. The van der Waals surface area contributed by atoms with Gasteiger partial charge >= 0.3 is 0 Å². The molecule has 3 heterocycles. The number of rotatable bonds is 5. The van der Waals surface area contributed by atoms with Crippen molar-refractivity contribution < 1.29 is 14.3 Å². The van der Waals surface area contributed by atoms with Gasteiger partial charge in [0.05, 0.1) is 37.0 Å². The lowest BCUT2D eigenvalue weighted by Crippen LogP contribution is -2.29. The molecule has 1 atom stereocenters. The molecule has 1 aliphatic rings. The first kappa shape index (κ1) is 20.1. The number of carbonyl (C=O) groups excluding carboxylic acids is 1. The van der Waals surface area contributed by atoms with Crippen molar-refractivity contribution in [3.05, 3.63) is 60.0 Å². The topological polar surface area (TPSA) is 85.3 Å². The molecule has 0 spiro atoms. The summed E-state index contributed by atoms with van der Waals surface area (Å²) in [5.41, 5.74) is 3.95. The van der Waals surface area contributed by atoms with Crippen LogP contribution in [0.25, 0.3) is 22.3 Å². The summed E-state index contributed by atoms with van der Waals surface area (Å²) in [6.45, 7) is 3.34. The van der Waals surface area contributed by atoms with E-state index in [0.29, 0.717) is 36.0 Å². The molecule has 2 aromatic heterocycles. The van der Waals surface area contributed by atoms with Crippen molar-refractivity contribution in [1.82, 2.24) is 24.6 Å². The molecule has 8 heteroatoms. The zero-order chi connectivity index (χ0) is 22.2. The van der Waals surface area contributed by atoms with Gasteiger partial charge in [-0.1, -0.05) is 12.1 Å². The van der Waals surface area contributed by atoms with Crippen LogP contribution in [-0.2, 0) is 0 Å². The van der Waals surface area contributed by atoms with E-state index >= 15 is 0 Å². The van der Waals surface area contributed by atoms with Gasteiger partial charge in [0.2, 0.25) is 0 Å². The first-order chi connectivity index (χ1) is 15.6. The van der Waals surface area contributed by atoms with Crippen LogP contribution in [0, 0.1) is 6.92 Å². The maximum absolute atomic E-state index is 13.2. The number of aromatic nitrogens is 4. The standard InChI is InChI=1S/C24H25N5O3/c1-15-25-19-6-4-5-7-22(19)29(15)16-10-11-28(14-16)24(30)21-13-20(26-27-21)18-12-17(31-2)8-9-23(18)32-3/h4-9,12-13,16H,10-11,14H2,1-3H3,(H,26,27)/t16-/m0/s1. The van der Waals surface area contributed by atoms with E-state index in [2.05, 4.69) is 25.8 Å². The average molecular weight is 431 g/mol. The highest BCUT2D eigenvalue weighted by atomic mass is 16.5. The number of aryl methyl sites for hydroxylation is 1. The Hall–Kier alpha value is -3.81. The fraction of sp³-hybridized carbons (Fsp3) is 0.292. The van der Waals surface area contributed by atoms with Gasteiger partial charge in [-0.3, -0.25) is 9.89 Å². The highest BCUT2D eigenvalue weighted by molar-refractivity contribution is 5.94. The van der Waals surface area contributed by atoms with Crippen molar-refractivity contribution in [2.45, 2.75) is 19.4 Å². The van der Waals surface area contributed by atoms with Crippen LogP contribution in [0.15, 0.2) is 48.5 Å². The number of nitrogens with zero attached hydrogens (tertiary/aromatic N) is 4. The largest absolute Gasteiger partial charge is 0.497 e. The number of ether oxygens (including phenoxy) is 2. The maximum atomic E-state index is 13.2. The Morgan fingerprint density at radius 3 is 2.78 bits per heavy atom. The van der Waals surface area contributed by atoms with Crippen LogP contribution in [0.2, 0.25) is 0 Å². The third kappa shape index (κ3) is 3.37. The molecule has 0 radical (unpaired) electrons. The Labute approximate surface area is 185 Å². The third-order valence-electron chi connectivity index (χ3n) is 6.08. The average Bonchev–Trinajstić information content (AvgIpc) is 3.56. The zero-order valence-electron chi connectivity index (χ0n) is 18.3. The molecule has 5 rings (SSSR count). The molecule has 1 N–H and O–H groups in total. The second kappa shape index (κ2) is 8.03. The fourth-order valence-electron chi connectivity index (χ4n) is 4.52. The highest BCUT2D eigenvalue weighted by Gasteiger charge is 2.30. The molecule has 0 bridgehead atoms. The molecule has 32 heavy (non-hydrogen) atoms. The van der Waals surface area contributed by atoms with E-state index in [4.69, 9.17) is 9.47 Å². The Balaban J connectivity index is 1.37. The van der Waals surface area contributed by atoms with Gasteiger partial charge in [-0.15, -0.1) is 0 Å². The predicted molar refractivity (Wildman–Crippen MR) is 121 cm³/mol. The number of fused-ring (bicyclic) bond motifs is 1. The highest BCUT2D eigenvalue weighted by Crippen LogP contribution is 2.33. The number of hydrogen-bond donors (Lipinski definition) is 1. The number of imidazole rings is 1. The summed E-state index contributed by atoms with van der Waals surface area (Å²) >= 11 is 0. The van der Waals surface area contributed by atoms with Crippen LogP contribution in [-0.4, -0.2) is 57.9 Å². The van der Waals surface area contributed by atoms with Gasteiger partial charge in [-0.05, 0) is 49.7 Å². The number of likely N-dealkylation sites (tertiary alicyclic amines) is 1. The van der Waals surface area contributed by atoms with E-state index in [9.17, 15) is 4.79 Å². The lowest BCUT2D eigenvalue weighted by molar-refractivity contribution is 0.0782. The minimum absolute atomic E-state index is 0.0600. The lowest BCUT2D eigenvalue weighted by Gasteiger charge is -2.17. The van der Waals surface area contributed by atoms with Crippen molar-refractivity contribution in [3.8, 4) is 22.8 Å².